The van der Waals surface area contributed by atoms with Crippen molar-refractivity contribution in [1.29, 1.82) is 0 Å². The van der Waals surface area contributed by atoms with Crippen molar-refractivity contribution in [3.05, 3.63) is 63.6 Å². The number of carbonyl (C=O) groups is 2. The van der Waals surface area contributed by atoms with E-state index in [0.29, 0.717) is 22.6 Å². The number of thiophene rings is 1. The van der Waals surface area contributed by atoms with Gasteiger partial charge in [0.2, 0.25) is 5.95 Å². The number of anilines is 1. The highest BCUT2D eigenvalue weighted by Gasteiger charge is 2.26. The molecule has 3 aromatic heterocycles. The van der Waals surface area contributed by atoms with E-state index in [4.69, 9.17) is 4.98 Å². The molecule has 1 unspecified atom stereocenters. The van der Waals surface area contributed by atoms with Crippen molar-refractivity contribution in [2.45, 2.75) is 50.7 Å². The first kappa shape index (κ1) is 23.7. The Labute approximate surface area is 212 Å². The molecule has 8 nitrogen and oxygen atoms in total. The minimum Gasteiger partial charge on any atom is -0.351 e. The monoisotopic (exact) mass is 506 g/mol. The highest BCUT2D eigenvalue weighted by Crippen LogP contribution is 2.27. The van der Waals surface area contributed by atoms with Gasteiger partial charge in [0.1, 0.15) is 0 Å². The molecular weight excluding hydrogens is 480 g/mol. The number of carbonyl (C=O) groups excluding carboxylic acids is 2. The van der Waals surface area contributed by atoms with Crippen LogP contribution in [0.3, 0.4) is 0 Å². The molecule has 0 radical (unpaired) electrons. The molecule has 35 heavy (non-hydrogen) atoms. The van der Waals surface area contributed by atoms with Crippen LogP contribution < -0.4 is 16.0 Å². The molecule has 10 heteroatoms. The van der Waals surface area contributed by atoms with Crippen LogP contribution in [0.2, 0.25) is 0 Å². The Morgan fingerprint density at radius 1 is 1.09 bits per heavy atom. The van der Waals surface area contributed by atoms with Crippen LogP contribution in [0.4, 0.5) is 10.7 Å². The zero-order valence-corrected chi connectivity index (χ0v) is 20.9. The number of rotatable bonds is 7. The van der Waals surface area contributed by atoms with Gasteiger partial charge in [0.15, 0.2) is 0 Å². The summed E-state index contributed by atoms with van der Waals surface area (Å²) in [4.78, 5) is 37.2. The van der Waals surface area contributed by atoms with E-state index in [1.165, 1.54) is 0 Å². The second-order valence-corrected chi connectivity index (χ2v) is 10.5. The van der Waals surface area contributed by atoms with E-state index in [9.17, 15) is 9.59 Å². The van der Waals surface area contributed by atoms with Crippen LogP contribution in [-0.4, -0.2) is 38.2 Å². The average Bonchev–Trinajstić information content (AvgIpc) is 3.50. The van der Waals surface area contributed by atoms with Crippen molar-refractivity contribution < 1.29 is 9.59 Å². The topological polar surface area (TPSA) is 109 Å². The second kappa shape index (κ2) is 10.7. The molecule has 1 saturated heterocycles. The minimum atomic E-state index is -0.387. The van der Waals surface area contributed by atoms with Crippen molar-refractivity contribution >= 4 is 46.3 Å². The summed E-state index contributed by atoms with van der Waals surface area (Å²) >= 11 is 2.57. The molecule has 1 aliphatic heterocycles. The Hall–Kier alpha value is -3.08. The number of imide groups is 1. The molecule has 4 heterocycles. The van der Waals surface area contributed by atoms with Gasteiger partial charge < -0.3 is 10.6 Å². The Bertz CT molecular complexity index is 1240. The number of nitrogens with one attached hydrogen (secondary N) is 3. The molecule has 3 N–H and O–H groups in total. The summed E-state index contributed by atoms with van der Waals surface area (Å²) in [6.07, 6.45) is 7.39. The predicted octanol–water partition coefficient (Wildman–Crippen LogP) is 5.00. The van der Waals surface area contributed by atoms with E-state index >= 15 is 0 Å². The molecule has 2 fully saturated rings. The number of amides is 2. The number of thioether (sulfide) groups is 1. The molecule has 2 aliphatic rings. The van der Waals surface area contributed by atoms with E-state index < -0.39 is 0 Å². The molecule has 0 aromatic carbocycles. The van der Waals surface area contributed by atoms with E-state index in [2.05, 4.69) is 67.9 Å². The van der Waals surface area contributed by atoms with Gasteiger partial charge in [-0.2, -0.15) is 11.3 Å². The molecule has 3 aromatic rings. The normalized spacial score (nSPS) is 22.3. The number of nitrogens with zero attached hydrogens (tertiary/aromatic N) is 3. The largest absolute Gasteiger partial charge is 0.351 e. The van der Waals surface area contributed by atoms with E-state index in [-0.39, 0.29) is 23.2 Å². The van der Waals surface area contributed by atoms with Crippen LogP contribution >= 0.6 is 23.1 Å². The maximum Gasteiger partial charge on any atom is 0.290 e. The van der Waals surface area contributed by atoms with Gasteiger partial charge in [-0.1, -0.05) is 6.07 Å². The minimum absolute atomic E-state index is 0.175. The third-order valence-electron chi connectivity index (χ3n) is 6.18. The summed E-state index contributed by atoms with van der Waals surface area (Å²) in [5.74, 6) is 0.148. The van der Waals surface area contributed by atoms with Crippen molar-refractivity contribution in [2.24, 2.45) is 0 Å². The van der Waals surface area contributed by atoms with Crippen LogP contribution in [0.25, 0.3) is 17.3 Å². The lowest BCUT2D eigenvalue weighted by molar-refractivity contribution is -0.115. The third-order valence-corrected chi connectivity index (χ3v) is 7.67. The highest BCUT2D eigenvalue weighted by atomic mass is 32.2. The molecule has 0 spiro atoms. The number of pyridine rings is 1. The lowest BCUT2D eigenvalue weighted by Gasteiger charge is -2.31. The maximum atomic E-state index is 11.8. The van der Waals surface area contributed by atoms with E-state index in [0.717, 1.165) is 54.4 Å². The maximum absolute atomic E-state index is 11.8. The van der Waals surface area contributed by atoms with Crippen LogP contribution in [0.5, 0.6) is 0 Å². The first-order valence-electron chi connectivity index (χ1n) is 11.6. The van der Waals surface area contributed by atoms with Gasteiger partial charge in [-0.25, -0.2) is 9.97 Å². The molecule has 0 bridgehead atoms. The SMILES string of the molecule is CC(NC1CCC(Nc2nccc(C=C3SC(=O)NC3=O)n2)CC1)c1cccc(-c2ccsc2)n1. The Morgan fingerprint density at radius 2 is 1.91 bits per heavy atom. The van der Waals surface area contributed by atoms with E-state index in [1.807, 2.05) is 0 Å². The van der Waals surface area contributed by atoms with Crippen molar-refractivity contribution in [2.75, 3.05) is 5.32 Å². The van der Waals surface area contributed by atoms with Gasteiger partial charge in [0.05, 0.1) is 22.0 Å². The third kappa shape index (κ3) is 5.95. The quantitative estimate of drug-likeness (QED) is 0.384. The van der Waals surface area contributed by atoms with Gasteiger partial charge >= 0.3 is 0 Å². The summed E-state index contributed by atoms with van der Waals surface area (Å²) in [5.41, 5.74) is 3.83. The summed E-state index contributed by atoms with van der Waals surface area (Å²) in [5, 5.41) is 13.3. The van der Waals surface area contributed by atoms with Gasteiger partial charge in [-0.05, 0) is 80.1 Å². The first-order valence-corrected chi connectivity index (χ1v) is 13.4. The molecule has 5 rings (SSSR count). The summed E-state index contributed by atoms with van der Waals surface area (Å²) < 4.78 is 0. The summed E-state index contributed by atoms with van der Waals surface area (Å²) in [7, 11) is 0. The molecule has 1 aliphatic carbocycles. The average molecular weight is 507 g/mol. The fourth-order valence-electron chi connectivity index (χ4n) is 4.37. The number of hydrogen-bond acceptors (Lipinski definition) is 9. The van der Waals surface area contributed by atoms with Crippen LogP contribution in [0.1, 0.15) is 50.0 Å². The lowest BCUT2D eigenvalue weighted by atomic mass is 9.90. The van der Waals surface area contributed by atoms with Crippen LogP contribution in [0.15, 0.2) is 52.2 Å². The van der Waals surface area contributed by atoms with Crippen molar-refractivity contribution in [3.63, 3.8) is 0 Å². The zero-order chi connectivity index (χ0) is 24.2. The van der Waals surface area contributed by atoms with Crippen molar-refractivity contribution in [1.82, 2.24) is 25.6 Å². The lowest BCUT2D eigenvalue weighted by Crippen LogP contribution is -2.38. The molecular formula is C25H26N6O2S2. The second-order valence-electron chi connectivity index (χ2n) is 8.70. The Balaban J connectivity index is 1.14. The molecule has 2 amide bonds. The number of hydrogen-bond donors (Lipinski definition) is 3. The summed E-state index contributed by atoms with van der Waals surface area (Å²) in [6.45, 7) is 2.17. The predicted molar refractivity (Wildman–Crippen MR) is 140 cm³/mol. The van der Waals surface area contributed by atoms with Gasteiger partial charge in [-0.3, -0.25) is 19.9 Å². The van der Waals surface area contributed by atoms with Crippen LogP contribution in [-0.2, 0) is 4.79 Å². The Morgan fingerprint density at radius 3 is 2.66 bits per heavy atom. The molecule has 180 valence electrons. The fourth-order valence-corrected chi connectivity index (χ4v) is 5.68. The highest BCUT2D eigenvalue weighted by molar-refractivity contribution is 8.18. The fraction of sp³-hybridized carbons (Fsp3) is 0.320. The zero-order valence-electron chi connectivity index (χ0n) is 19.2. The molecule has 1 saturated carbocycles. The van der Waals surface area contributed by atoms with Gasteiger partial charge in [0, 0.05) is 35.3 Å². The number of aromatic nitrogens is 3. The van der Waals surface area contributed by atoms with Crippen molar-refractivity contribution in [3.8, 4) is 11.3 Å². The van der Waals surface area contributed by atoms with Gasteiger partial charge in [-0.15, -0.1) is 0 Å². The Kier molecular flexibility index (Phi) is 7.21. The molecule has 1 atom stereocenters. The van der Waals surface area contributed by atoms with E-state index in [1.54, 1.807) is 29.7 Å². The van der Waals surface area contributed by atoms with Gasteiger partial charge in [0.25, 0.3) is 11.1 Å². The standard InChI is InChI=1S/C25H26N6O2S2/c1-15(20-3-2-4-21(30-20)16-10-12-34-14-16)27-17-5-7-18(8-6-17)28-24-26-11-9-19(29-24)13-22-23(32)31-25(33)35-22/h2-4,9-15,17-18,27H,5-8H2,1H3,(H,26,28,29)(H,31,32,33). The first-order chi connectivity index (χ1) is 17.0. The summed E-state index contributed by atoms with van der Waals surface area (Å²) in [6, 6.07) is 10.9. The van der Waals surface area contributed by atoms with Crippen LogP contribution in [0, 0.1) is 0 Å². The smallest absolute Gasteiger partial charge is 0.290 e.